The molecule has 1 aliphatic rings. The van der Waals surface area contributed by atoms with Gasteiger partial charge in [-0.25, -0.2) is 8.78 Å². The molecule has 1 amide bonds. The van der Waals surface area contributed by atoms with Gasteiger partial charge in [0.2, 0.25) is 5.91 Å². The SMILES string of the molecule is CC(=O)N1CCN(c2ccc(C#N)c(F)c2F)CC1. The molecule has 0 saturated carbocycles. The summed E-state index contributed by atoms with van der Waals surface area (Å²) in [5.41, 5.74) is -0.164. The lowest BCUT2D eigenvalue weighted by molar-refractivity contribution is -0.129. The van der Waals surface area contributed by atoms with Crippen LogP contribution >= 0.6 is 0 Å². The Morgan fingerprint density at radius 1 is 1.21 bits per heavy atom. The predicted molar refractivity (Wildman–Crippen MR) is 65.5 cm³/mol. The van der Waals surface area contributed by atoms with Crippen LogP contribution < -0.4 is 4.90 Å². The Morgan fingerprint density at radius 2 is 1.84 bits per heavy atom. The lowest BCUT2D eigenvalue weighted by Crippen LogP contribution is -2.48. The van der Waals surface area contributed by atoms with Crippen molar-refractivity contribution in [1.82, 2.24) is 4.90 Å². The number of nitrogens with zero attached hydrogens (tertiary/aromatic N) is 3. The molecule has 0 spiro atoms. The fourth-order valence-corrected chi connectivity index (χ4v) is 2.13. The highest BCUT2D eigenvalue weighted by atomic mass is 19.2. The van der Waals surface area contributed by atoms with Gasteiger partial charge in [-0.1, -0.05) is 0 Å². The van der Waals surface area contributed by atoms with Gasteiger partial charge in [-0.05, 0) is 12.1 Å². The number of carbonyl (C=O) groups is 1. The number of rotatable bonds is 1. The van der Waals surface area contributed by atoms with Gasteiger partial charge in [0.05, 0.1) is 11.3 Å². The molecule has 4 nitrogen and oxygen atoms in total. The zero-order valence-corrected chi connectivity index (χ0v) is 10.5. The summed E-state index contributed by atoms with van der Waals surface area (Å²) >= 11 is 0. The second-order valence-corrected chi connectivity index (χ2v) is 4.37. The Kier molecular flexibility index (Phi) is 3.65. The van der Waals surface area contributed by atoms with E-state index in [2.05, 4.69) is 0 Å². The first kappa shape index (κ1) is 13.3. The summed E-state index contributed by atoms with van der Waals surface area (Å²) < 4.78 is 27.4. The first-order chi connectivity index (χ1) is 9.04. The van der Waals surface area contributed by atoms with E-state index < -0.39 is 11.6 Å². The smallest absolute Gasteiger partial charge is 0.219 e. The fraction of sp³-hybridized carbons (Fsp3) is 0.385. The average molecular weight is 265 g/mol. The van der Waals surface area contributed by atoms with E-state index in [0.29, 0.717) is 26.2 Å². The molecule has 0 radical (unpaired) electrons. The van der Waals surface area contributed by atoms with Crippen LogP contribution in [0.25, 0.3) is 0 Å². The van der Waals surface area contributed by atoms with Crippen molar-refractivity contribution in [2.75, 3.05) is 31.1 Å². The Balaban J connectivity index is 2.19. The molecule has 100 valence electrons. The van der Waals surface area contributed by atoms with E-state index in [1.54, 1.807) is 15.9 Å². The Hall–Kier alpha value is -2.16. The largest absolute Gasteiger partial charge is 0.366 e. The molecule has 1 heterocycles. The van der Waals surface area contributed by atoms with E-state index >= 15 is 0 Å². The molecular formula is C13H13F2N3O. The van der Waals surface area contributed by atoms with Gasteiger partial charge in [-0.15, -0.1) is 0 Å². The minimum atomic E-state index is -1.12. The van der Waals surface area contributed by atoms with Gasteiger partial charge >= 0.3 is 0 Å². The number of carbonyl (C=O) groups excluding carboxylic acids is 1. The van der Waals surface area contributed by atoms with Crippen LogP contribution in [0.3, 0.4) is 0 Å². The quantitative estimate of drug-likeness (QED) is 0.773. The predicted octanol–water partition coefficient (Wildman–Crippen LogP) is 1.50. The van der Waals surface area contributed by atoms with Crippen LogP contribution in [-0.2, 0) is 4.79 Å². The zero-order valence-electron chi connectivity index (χ0n) is 10.5. The monoisotopic (exact) mass is 265 g/mol. The van der Waals surface area contributed by atoms with Crippen molar-refractivity contribution in [3.8, 4) is 6.07 Å². The number of nitriles is 1. The molecular weight excluding hydrogens is 252 g/mol. The Morgan fingerprint density at radius 3 is 2.37 bits per heavy atom. The fourth-order valence-electron chi connectivity index (χ4n) is 2.13. The van der Waals surface area contributed by atoms with Crippen molar-refractivity contribution in [3.05, 3.63) is 29.3 Å². The molecule has 2 rings (SSSR count). The molecule has 0 aliphatic carbocycles. The molecule has 1 aromatic rings. The van der Waals surface area contributed by atoms with Crippen molar-refractivity contribution < 1.29 is 13.6 Å². The molecule has 0 N–H and O–H groups in total. The van der Waals surface area contributed by atoms with E-state index in [1.807, 2.05) is 0 Å². The summed E-state index contributed by atoms with van der Waals surface area (Å²) in [5, 5.41) is 8.63. The molecule has 1 aliphatic heterocycles. The van der Waals surface area contributed by atoms with E-state index in [9.17, 15) is 13.6 Å². The van der Waals surface area contributed by atoms with Gasteiger partial charge in [0.1, 0.15) is 6.07 Å². The van der Waals surface area contributed by atoms with Crippen LogP contribution in [0.15, 0.2) is 12.1 Å². The number of anilines is 1. The molecule has 0 unspecified atom stereocenters. The van der Waals surface area contributed by atoms with E-state index in [0.717, 1.165) is 0 Å². The summed E-state index contributed by atoms with van der Waals surface area (Å²) in [4.78, 5) is 14.5. The number of amides is 1. The topological polar surface area (TPSA) is 47.3 Å². The second kappa shape index (κ2) is 5.22. The van der Waals surface area contributed by atoms with Crippen LogP contribution in [0.1, 0.15) is 12.5 Å². The van der Waals surface area contributed by atoms with E-state index in [-0.39, 0.29) is 17.2 Å². The molecule has 0 atom stereocenters. The summed E-state index contributed by atoms with van der Waals surface area (Å²) in [6.45, 7) is 3.34. The van der Waals surface area contributed by atoms with Crippen LogP contribution in [-0.4, -0.2) is 37.0 Å². The van der Waals surface area contributed by atoms with Crippen molar-refractivity contribution >= 4 is 11.6 Å². The summed E-state index contributed by atoms with van der Waals surface area (Å²) in [6.07, 6.45) is 0. The lowest BCUT2D eigenvalue weighted by atomic mass is 10.1. The van der Waals surface area contributed by atoms with Gasteiger partial charge in [0.15, 0.2) is 11.6 Å². The van der Waals surface area contributed by atoms with Crippen LogP contribution in [0.5, 0.6) is 0 Å². The maximum Gasteiger partial charge on any atom is 0.219 e. The first-order valence-electron chi connectivity index (χ1n) is 5.93. The van der Waals surface area contributed by atoms with E-state index in [4.69, 9.17) is 5.26 Å². The van der Waals surface area contributed by atoms with Crippen LogP contribution in [0, 0.1) is 23.0 Å². The molecule has 0 aromatic heterocycles. The highest BCUT2D eigenvalue weighted by molar-refractivity contribution is 5.73. The van der Waals surface area contributed by atoms with Crippen LogP contribution in [0.4, 0.5) is 14.5 Å². The van der Waals surface area contributed by atoms with Gasteiger partial charge < -0.3 is 9.80 Å². The normalized spacial score (nSPS) is 15.3. The van der Waals surface area contributed by atoms with E-state index in [1.165, 1.54) is 19.1 Å². The number of hydrogen-bond acceptors (Lipinski definition) is 3. The van der Waals surface area contributed by atoms with Crippen molar-refractivity contribution in [3.63, 3.8) is 0 Å². The molecule has 1 saturated heterocycles. The summed E-state index contributed by atoms with van der Waals surface area (Å²) in [6, 6.07) is 4.27. The zero-order chi connectivity index (χ0) is 14.0. The molecule has 6 heteroatoms. The number of hydrogen-bond donors (Lipinski definition) is 0. The Labute approximate surface area is 109 Å². The third-order valence-corrected chi connectivity index (χ3v) is 3.25. The maximum absolute atomic E-state index is 13.8. The molecule has 0 bridgehead atoms. The van der Waals surface area contributed by atoms with Crippen LogP contribution in [0.2, 0.25) is 0 Å². The lowest BCUT2D eigenvalue weighted by Gasteiger charge is -2.35. The first-order valence-corrected chi connectivity index (χ1v) is 5.93. The van der Waals surface area contributed by atoms with Gasteiger partial charge in [0, 0.05) is 33.1 Å². The third kappa shape index (κ3) is 2.50. The Bertz CT molecular complexity index is 546. The summed E-state index contributed by atoms with van der Waals surface area (Å²) in [7, 11) is 0. The minimum absolute atomic E-state index is 0.0221. The number of piperazine rings is 1. The van der Waals surface area contributed by atoms with Crippen molar-refractivity contribution in [2.24, 2.45) is 0 Å². The highest BCUT2D eigenvalue weighted by Crippen LogP contribution is 2.24. The van der Waals surface area contributed by atoms with Crippen molar-refractivity contribution in [1.29, 1.82) is 5.26 Å². The van der Waals surface area contributed by atoms with Gasteiger partial charge in [0.25, 0.3) is 0 Å². The maximum atomic E-state index is 13.8. The highest BCUT2D eigenvalue weighted by Gasteiger charge is 2.23. The standard InChI is InChI=1S/C13H13F2N3O/c1-9(19)17-4-6-18(7-5-17)11-3-2-10(8-16)12(14)13(11)15/h2-3H,4-7H2,1H3. The van der Waals surface area contributed by atoms with Gasteiger partial charge in [-0.3, -0.25) is 4.79 Å². The number of benzene rings is 1. The molecule has 1 aromatic carbocycles. The third-order valence-electron chi connectivity index (χ3n) is 3.25. The van der Waals surface area contributed by atoms with Crippen molar-refractivity contribution in [2.45, 2.75) is 6.92 Å². The minimum Gasteiger partial charge on any atom is -0.366 e. The molecule has 1 fully saturated rings. The second-order valence-electron chi connectivity index (χ2n) is 4.37. The average Bonchev–Trinajstić information content (AvgIpc) is 2.42. The molecule has 19 heavy (non-hydrogen) atoms. The summed E-state index contributed by atoms with van der Waals surface area (Å²) in [5.74, 6) is -2.14. The van der Waals surface area contributed by atoms with Gasteiger partial charge in [-0.2, -0.15) is 5.26 Å². The number of halogens is 2.